The summed E-state index contributed by atoms with van der Waals surface area (Å²) < 4.78 is 28.8. The summed E-state index contributed by atoms with van der Waals surface area (Å²) in [5, 5.41) is 8.57. The van der Waals surface area contributed by atoms with Gasteiger partial charge in [0.1, 0.15) is 0 Å². The molecule has 7 heteroatoms. The van der Waals surface area contributed by atoms with Crippen molar-refractivity contribution >= 4 is 10.4 Å². The molecule has 0 aliphatic rings. The van der Waals surface area contributed by atoms with Gasteiger partial charge in [-0.2, -0.15) is 8.42 Å². The Bertz CT molecular complexity index is 175. The molecule has 0 aliphatic carbocycles. The van der Waals surface area contributed by atoms with Gasteiger partial charge in [0.25, 0.3) is 0 Å². The lowest BCUT2D eigenvalue weighted by Gasteiger charge is -2.03. The second kappa shape index (κ2) is 5.44. The van der Waals surface area contributed by atoms with Crippen LogP contribution in [0.15, 0.2) is 0 Å². The molecular formula is C4H13NO5S. The van der Waals surface area contributed by atoms with E-state index in [9.17, 15) is 8.42 Å². The van der Waals surface area contributed by atoms with Crippen LogP contribution in [0.25, 0.3) is 0 Å². The van der Waals surface area contributed by atoms with Crippen LogP contribution in [0, 0.1) is 0 Å². The van der Waals surface area contributed by atoms with Gasteiger partial charge in [0.05, 0.1) is 19.8 Å². The summed E-state index contributed by atoms with van der Waals surface area (Å²) in [6.45, 7) is 1.13. The van der Waals surface area contributed by atoms with Crippen molar-refractivity contribution in [1.82, 2.24) is 6.15 Å². The summed E-state index contributed by atoms with van der Waals surface area (Å²) in [4.78, 5) is 0. The lowest BCUT2D eigenvalue weighted by atomic mass is 10.5. The molecule has 6 nitrogen and oxygen atoms in total. The standard InChI is InChI=1S/C4H10O5S.H3N/c1-4(5)3-9-10(6,7)8-2;/h4-5H,3H2,1-2H3;1H3. The van der Waals surface area contributed by atoms with Crippen molar-refractivity contribution in [2.45, 2.75) is 13.0 Å². The first-order valence-electron chi connectivity index (χ1n) is 2.61. The summed E-state index contributed by atoms with van der Waals surface area (Å²) in [6, 6.07) is 0. The molecule has 0 saturated heterocycles. The van der Waals surface area contributed by atoms with Crippen LogP contribution < -0.4 is 6.15 Å². The fourth-order valence-corrected chi connectivity index (χ4v) is 0.690. The van der Waals surface area contributed by atoms with Crippen molar-refractivity contribution in [3.63, 3.8) is 0 Å². The van der Waals surface area contributed by atoms with Gasteiger partial charge < -0.3 is 11.3 Å². The Morgan fingerprint density at radius 3 is 2.27 bits per heavy atom. The van der Waals surface area contributed by atoms with E-state index >= 15 is 0 Å². The van der Waals surface area contributed by atoms with Gasteiger partial charge in [0.2, 0.25) is 0 Å². The second-order valence-corrected chi connectivity index (χ2v) is 3.09. The zero-order valence-corrected chi connectivity index (χ0v) is 7.30. The molecule has 4 N–H and O–H groups in total. The first-order chi connectivity index (χ1) is 4.48. The Hall–Kier alpha value is -0.210. The minimum atomic E-state index is -3.87. The van der Waals surface area contributed by atoms with E-state index in [1.807, 2.05) is 0 Å². The average Bonchev–Trinajstić information content (AvgIpc) is 1.85. The van der Waals surface area contributed by atoms with Gasteiger partial charge in [-0.05, 0) is 6.92 Å². The highest BCUT2D eigenvalue weighted by Crippen LogP contribution is 1.94. The van der Waals surface area contributed by atoms with Crippen LogP contribution >= 0.6 is 0 Å². The lowest BCUT2D eigenvalue weighted by molar-refractivity contribution is 0.114. The molecular weight excluding hydrogens is 174 g/mol. The lowest BCUT2D eigenvalue weighted by Crippen LogP contribution is -2.16. The van der Waals surface area contributed by atoms with Crippen LogP contribution in [-0.4, -0.2) is 33.3 Å². The van der Waals surface area contributed by atoms with Gasteiger partial charge in [-0.3, -0.25) is 4.18 Å². The molecule has 0 saturated carbocycles. The molecule has 0 aromatic carbocycles. The molecule has 0 aromatic heterocycles. The van der Waals surface area contributed by atoms with Crippen molar-refractivity contribution in [2.75, 3.05) is 13.7 Å². The zero-order chi connectivity index (χ0) is 8.20. The molecule has 0 amide bonds. The highest BCUT2D eigenvalue weighted by molar-refractivity contribution is 7.81. The van der Waals surface area contributed by atoms with Gasteiger partial charge in [0, 0.05) is 0 Å². The van der Waals surface area contributed by atoms with Crippen molar-refractivity contribution < 1.29 is 21.9 Å². The maximum atomic E-state index is 10.3. The molecule has 0 radical (unpaired) electrons. The quantitative estimate of drug-likeness (QED) is 0.610. The third-order valence-electron chi connectivity index (χ3n) is 0.658. The molecule has 0 aliphatic heterocycles. The van der Waals surface area contributed by atoms with Gasteiger partial charge in [-0.25, -0.2) is 4.18 Å². The molecule has 0 bridgehead atoms. The van der Waals surface area contributed by atoms with Gasteiger partial charge in [-0.15, -0.1) is 0 Å². The predicted molar refractivity (Wildman–Crippen MR) is 38.6 cm³/mol. The van der Waals surface area contributed by atoms with Crippen LogP contribution in [0.5, 0.6) is 0 Å². The Morgan fingerprint density at radius 2 is 2.00 bits per heavy atom. The van der Waals surface area contributed by atoms with Crippen molar-refractivity contribution in [2.24, 2.45) is 0 Å². The molecule has 0 aromatic rings. The number of hydrogen-bond donors (Lipinski definition) is 2. The third-order valence-corrected chi connectivity index (χ3v) is 1.49. The van der Waals surface area contributed by atoms with E-state index in [0.29, 0.717) is 0 Å². The summed E-state index contributed by atoms with van der Waals surface area (Å²) in [6.07, 6.45) is -0.815. The van der Waals surface area contributed by atoms with E-state index in [1.165, 1.54) is 6.92 Å². The topological polar surface area (TPSA) is 108 Å². The Morgan fingerprint density at radius 1 is 1.55 bits per heavy atom. The highest BCUT2D eigenvalue weighted by atomic mass is 32.3. The smallest absolute Gasteiger partial charge is 0.391 e. The second-order valence-electron chi connectivity index (χ2n) is 1.71. The number of hydrogen-bond acceptors (Lipinski definition) is 6. The molecule has 70 valence electrons. The van der Waals surface area contributed by atoms with E-state index in [1.54, 1.807) is 0 Å². The SMILES string of the molecule is COS(=O)(=O)OCC(C)O.N. The van der Waals surface area contributed by atoms with Crippen molar-refractivity contribution in [3.05, 3.63) is 0 Å². The number of rotatable bonds is 4. The van der Waals surface area contributed by atoms with E-state index in [-0.39, 0.29) is 12.8 Å². The summed E-state index contributed by atoms with van der Waals surface area (Å²) in [7, 11) is -2.89. The Kier molecular flexibility index (Phi) is 6.62. The minimum absolute atomic E-state index is 0. The largest absolute Gasteiger partial charge is 0.399 e. The average molecular weight is 187 g/mol. The minimum Gasteiger partial charge on any atom is -0.391 e. The van der Waals surface area contributed by atoms with E-state index in [0.717, 1.165) is 7.11 Å². The number of aliphatic hydroxyl groups is 1. The molecule has 1 atom stereocenters. The zero-order valence-electron chi connectivity index (χ0n) is 6.48. The Labute approximate surface area is 66.0 Å². The molecule has 0 rings (SSSR count). The molecule has 1 unspecified atom stereocenters. The van der Waals surface area contributed by atoms with E-state index in [4.69, 9.17) is 5.11 Å². The Balaban J connectivity index is 0. The van der Waals surface area contributed by atoms with E-state index < -0.39 is 16.5 Å². The maximum Gasteiger partial charge on any atom is 0.399 e. The number of aliphatic hydroxyl groups excluding tert-OH is 1. The van der Waals surface area contributed by atoms with Crippen LogP contribution in [-0.2, 0) is 18.8 Å². The van der Waals surface area contributed by atoms with Crippen LogP contribution in [0.3, 0.4) is 0 Å². The predicted octanol–water partition coefficient (Wildman–Crippen LogP) is -0.563. The third kappa shape index (κ3) is 7.69. The first-order valence-corrected chi connectivity index (χ1v) is 3.94. The van der Waals surface area contributed by atoms with Crippen LogP contribution in [0.4, 0.5) is 0 Å². The normalized spacial score (nSPS) is 13.7. The van der Waals surface area contributed by atoms with Gasteiger partial charge >= 0.3 is 10.4 Å². The molecule has 0 heterocycles. The van der Waals surface area contributed by atoms with Crippen LogP contribution in [0.2, 0.25) is 0 Å². The summed E-state index contributed by atoms with van der Waals surface area (Å²) in [5.74, 6) is 0. The van der Waals surface area contributed by atoms with Gasteiger partial charge in [0.15, 0.2) is 0 Å². The summed E-state index contributed by atoms with van der Waals surface area (Å²) >= 11 is 0. The molecule has 11 heavy (non-hydrogen) atoms. The fraction of sp³-hybridized carbons (Fsp3) is 1.00. The van der Waals surface area contributed by atoms with Crippen LogP contribution in [0.1, 0.15) is 6.92 Å². The van der Waals surface area contributed by atoms with E-state index in [2.05, 4.69) is 8.37 Å². The molecule has 0 spiro atoms. The maximum absolute atomic E-state index is 10.3. The fourth-order valence-electron chi connectivity index (χ4n) is 0.230. The van der Waals surface area contributed by atoms with Crippen molar-refractivity contribution in [3.8, 4) is 0 Å². The molecule has 0 fully saturated rings. The monoisotopic (exact) mass is 187 g/mol. The summed E-state index contributed by atoms with van der Waals surface area (Å²) in [5.41, 5.74) is 0. The highest BCUT2D eigenvalue weighted by Gasteiger charge is 2.09. The van der Waals surface area contributed by atoms with Gasteiger partial charge in [-0.1, -0.05) is 0 Å². The van der Waals surface area contributed by atoms with Crippen molar-refractivity contribution in [1.29, 1.82) is 0 Å². The first kappa shape index (κ1) is 13.4.